The van der Waals surface area contributed by atoms with Gasteiger partial charge in [-0.1, -0.05) is 12.8 Å². The van der Waals surface area contributed by atoms with Crippen molar-refractivity contribution in [2.24, 2.45) is 5.73 Å². The molecule has 6 nitrogen and oxygen atoms in total. The Bertz CT molecular complexity index is 571. The van der Waals surface area contributed by atoms with Crippen LogP contribution < -0.4 is 16.4 Å². The first-order valence-electron chi connectivity index (χ1n) is 6.77. The Balaban J connectivity index is 2.41. The number of carboxylic acids is 1. The maximum atomic E-state index is 13.9. The van der Waals surface area contributed by atoms with Crippen LogP contribution in [0.3, 0.4) is 0 Å². The average molecular weight is 295 g/mol. The normalized spacial score (nSPS) is 15.1. The van der Waals surface area contributed by atoms with Gasteiger partial charge < -0.3 is 21.5 Å². The number of aromatic carboxylic acids is 1. The highest BCUT2D eigenvalue weighted by atomic mass is 19.1. The van der Waals surface area contributed by atoms with Crippen molar-refractivity contribution >= 4 is 23.3 Å². The molecule has 0 radical (unpaired) electrons. The summed E-state index contributed by atoms with van der Waals surface area (Å²) in [6, 6.07) is 2.21. The van der Waals surface area contributed by atoms with Crippen LogP contribution in [0.1, 0.15) is 36.0 Å². The van der Waals surface area contributed by atoms with E-state index in [1.54, 1.807) is 4.90 Å². The molecule has 0 aromatic heterocycles. The molecule has 5 N–H and O–H groups in total. The van der Waals surface area contributed by atoms with Crippen LogP contribution >= 0.6 is 0 Å². The number of primary amides is 1. The van der Waals surface area contributed by atoms with E-state index in [1.807, 2.05) is 0 Å². The fourth-order valence-corrected chi connectivity index (χ4v) is 2.79. The first kappa shape index (κ1) is 15.1. The second-order valence-corrected chi connectivity index (χ2v) is 5.23. The summed E-state index contributed by atoms with van der Waals surface area (Å²) in [5.41, 5.74) is 11.1. The first-order chi connectivity index (χ1) is 9.90. The van der Waals surface area contributed by atoms with Crippen LogP contribution in [0.5, 0.6) is 0 Å². The minimum absolute atomic E-state index is 0.0647. The summed E-state index contributed by atoms with van der Waals surface area (Å²) < 4.78 is 13.9. The van der Waals surface area contributed by atoms with E-state index in [9.17, 15) is 14.0 Å². The molecule has 1 amide bonds. The highest BCUT2D eigenvalue weighted by molar-refractivity contribution is 5.91. The summed E-state index contributed by atoms with van der Waals surface area (Å²) in [5, 5.41) is 8.89. The zero-order valence-electron chi connectivity index (χ0n) is 11.5. The van der Waals surface area contributed by atoms with Crippen molar-refractivity contribution in [2.45, 2.75) is 31.7 Å². The number of halogens is 1. The van der Waals surface area contributed by atoms with E-state index in [-0.39, 0.29) is 18.3 Å². The Hall–Kier alpha value is -2.31. The summed E-state index contributed by atoms with van der Waals surface area (Å²) in [5.74, 6) is -2.80. The predicted molar refractivity (Wildman–Crippen MR) is 76.6 cm³/mol. The smallest absolute Gasteiger partial charge is 0.338 e. The minimum atomic E-state index is -1.38. The summed E-state index contributed by atoms with van der Waals surface area (Å²) in [6.45, 7) is -0.0687. The van der Waals surface area contributed by atoms with Crippen LogP contribution in [0.2, 0.25) is 0 Å². The van der Waals surface area contributed by atoms with E-state index in [0.717, 1.165) is 37.8 Å². The summed E-state index contributed by atoms with van der Waals surface area (Å²) >= 11 is 0. The summed E-state index contributed by atoms with van der Waals surface area (Å²) in [7, 11) is 0. The fourth-order valence-electron chi connectivity index (χ4n) is 2.79. The number of carbonyl (C=O) groups excluding carboxylic acids is 1. The highest BCUT2D eigenvalue weighted by Crippen LogP contribution is 2.33. The molecule has 1 saturated carbocycles. The molecule has 0 atom stereocenters. The van der Waals surface area contributed by atoms with E-state index >= 15 is 0 Å². The van der Waals surface area contributed by atoms with E-state index in [1.165, 1.54) is 0 Å². The molecule has 0 unspecified atom stereocenters. The maximum absolute atomic E-state index is 13.9. The van der Waals surface area contributed by atoms with E-state index in [2.05, 4.69) is 0 Å². The van der Waals surface area contributed by atoms with Crippen molar-refractivity contribution < 1.29 is 19.1 Å². The Morgan fingerprint density at radius 2 is 1.95 bits per heavy atom. The number of hydrogen-bond acceptors (Lipinski definition) is 4. The second-order valence-electron chi connectivity index (χ2n) is 5.23. The Labute approximate surface area is 121 Å². The minimum Gasteiger partial charge on any atom is -0.478 e. The zero-order chi connectivity index (χ0) is 15.6. The number of amides is 1. The third kappa shape index (κ3) is 3.24. The van der Waals surface area contributed by atoms with Crippen molar-refractivity contribution in [3.05, 3.63) is 23.5 Å². The van der Waals surface area contributed by atoms with Gasteiger partial charge >= 0.3 is 5.97 Å². The SMILES string of the molecule is NC(=O)CN(c1cc(F)c(C(=O)O)cc1N)C1CCCC1. The van der Waals surface area contributed by atoms with Crippen molar-refractivity contribution in [3.63, 3.8) is 0 Å². The second kappa shape index (κ2) is 5.99. The molecular weight excluding hydrogens is 277 g/mol. The number of carbonyl (C=O) groups is 2. The third-order valence-corrected chi connectivity index (χ3v) is 3.75. The topological polar surface area (TPSA) is 110 Å². The van der Waals surface area contributed by atoms with Gasteiger partial charge in [-0.15, -0.1) is 0 Å². The van der Waals surface area contributed by atoms with Gasteiger partial charge in [0.1, 0.15) is 5.82 Å². The predicted octanol–water partition coefficient (Wildman–Crippen LogP) is 1.34. The quantitative estimate of drug-likeness (QED) is 0.710. The van der Waals surface area contributed by atoms with Crippen LogP contribution in [0.25, 0.3) is 0 Å². The summed E-state index contributed by atoms with van der Waals surface area (Å²) in [6.07, 6.45) is 3.79. The molecule has 0 heterocycles. The van der Waals surface area contributed by atoms with Gasteiger partial charge in [-0.05, 0) is 18.9 Å². The molecule has 0 saturated heterocycles. The van der Waals surface area contributed by atoms with Crippen LogP contribution in [-0.2, 0) is 4.79 Å². The van der Waals surface area contributed by atoms with E-state index < -0.39 is 23.3 Å². The zero-order valence-corrected chi connectivity index (χ0v) is 11.5. The van der Waals surface area contributed by atoms with E-state index in [0.29, 0.717) is 5.69 Å². The lowest BCUT2D eigenvalue weighted by atomic mass is 10.1. The number of nitrogens with zero attached hydrogens (tertiary/aromatic N) is 1. The highest BCUT2D eigenvalue weighted by Gasteiger charge is 2.27. The molecule has 21 heavy (non-hydrogen) atoms. The molecule has 1 aromatic rings. The Morgan fingerprint density at radius 3 is 2.48 bits per heavy atom. The average Bonchev–Trinajstić information content (AvgIpc) is 2.91. The van der Waals surface area contributed by atoms with Crippen molar-refractivity contribution in [3.8, 4) is 0 Å². The Kier molecular flexibility index (Phi) is 4.30. The monoisotopic (exact) mass is 295 g/mol. The molecule has 0 bridgehead atoms. The van der Waals surface area contributed by atoms with Gasteiger partial charge in [0, 0.05) is 12.1 Å². The molecule has 1 aliphatic rings. The molecular formula is C14H18FN3O3. The standard InChI is InChI=1S/C14H18FN3O3/c15-10-6-12(11(16)5-9(10)14(20)21)18(7-13(17)19)8-3-1-2-4-8/h5-6,8H,1-4,7,16H2,(H2,17,19)(H,20,21). The lowest BCUT2D eigenvalue weighted by Gasteiger charge is -2.31. The lowest BCUT2D eigenvalue weighted by Crippen LogP contribution is -2.40. The van der Waals surface area contributed by atoms with Gasteiger partial charge in [0.25, 0.3) is 0 Å². The number of benzene rings is 1. The Morgan fingerprint density at radius 1 is 1.33 bits per heavy atom. The molecule has 1 aliphatic carbocycles. The first-order valence-corrected chi connectivity index (χ1v) is 6.77. The molecule has 2 rings (SSSR count). The van der Waals surface area contributed by atoms with Gasteiger partial charge in [-0.25, -0.2) is 9.18 Å². The van der Waals surface area contributed by atoms with Crippen molar-refractivity contribution in [2.75, 3.05) is 17.2 Å². The van der Waals surface area contributed by atoms with Crippen LogP contribution in [-0.4, -0.2) is 29.6 Å². The van der Waals surface area contributed by atoms with Gasteiger partial charge in [-0.2, -0.15) is 0 Å². The van der Waals surface area contributed by atoms with Gasteiger partial charge in [0.15, 0.2) is 0 Å². The number of anilines is 2. The number of hydrogen-bond donors (Lipinski definition) is 3. The number of carboxylic acid groups (broad SMARTS) is 1. The van der Waals surface area contributed by atoms with Crippen molar-refractivity contribution in [1.29, 1.82) is 0 Å². The molecule has 7 heteroatoms. The molecule has 0 spiro atoms. The molecule has 0 aliphatic heterocycles. The largest absolute Gasteiger partial charge is 0.478 e. The molecule has 1 aromatic carbocycles. The maximum Gasteiger partial charge on any atom is 0.338 e. The van der Waals surface area contributed by atoms with Gasteiger partial charge in [-0.3, -0.25) is 4.79 Å². The van der Waals surface area contributed by atoms with E-state index in [4.69, 9.17) is 16.6 Å². The van der Waals surface area contributed by atoms with Gasteiger partial charge in [0.05, 0.1) is 23.5 Å². The number of nitrogen functional groups attached to an aromatic ring is 1. The molecule has 114 valence electrons. The third-order valence-electron chi connectivity index (χ3n) is 3.75. The van der Waals surface area contributed by atoms with Crippen molar-refractivity contribution in [1.82, 2.24) is 0 Å². The molecule has 1 fully saturated rings. The number of nitrogens with two attached hydrogens (primary N) is 2. The van der Waals surface area contributed by atoms with Gasteiger partial charge in [0.2, 0.25) is 5.91 Å². The fraction of sp³-hybridized carbons (Fsp3) is 0.429. The number of rotatable bonds is 5. The van der Waals surface area contributed by atoms with Crippen LogP contribution in [0, 0.1) is 5.82 Å². The van der Waals surface area contributed by atoms with Crippen LogP contribution in [0.4, 0.5) is 15.8 Å². The van der Waals surface area contributed by atoms with Crippen LogP contribution in [0.15, 0.2) is 12.1 Å². The summed E-state index contributed by atoms with van der Waals surface area (Å²) in [4.78, 5) is 23.8. The lowest BCUT2D eigenvalue weighted by molar-refractivity contribution is -0.116.